The molecule has 3 heterocycles. The van der Waals surface area contributed by atoms with E-state index in [2.05, 4.69) is 10.4 Å². The van der Waals surface area contributed by atoms with Gasteiger partial charge in [0.05, 0.1) is 35.1 Å². The van der Waals surface area contributed by atoms with E-state index in [9.17, 15) is 9.59 Å². The number of carbonyl (C=O) groups is 2. The minimum atomic E-state index is -1.35. The summed E-state index contributed by atoms with van der Waals surface area (Å²) >= 11 is 6.05. The molecular weight excluding hydrogens is 473 g/mol. The number of aromatic nitrogens is 2. The SMILES string of the molecule is CC[C@H](c1ccccc1)n1ncc(C(=O)N2CCC[C@@]3(C2)OC(=O)Nc2ccc(Cl)c(F)c23)c1N. The first-order valence-corrected chi connectivity index (χ1v) is 11.9. The quantitative estimate of drug-likeness (QED) is 0.531. The fourth-order valence-electron chi connectivity index (χ4n) is 5.13. The number of rotatable bonds is 4. The number of hydrogen-bond acceptors (Lipinski definition) is 5. The van der Waals surface area contributed by atoms with E-state index in [0.29, 0.717) is 25.1 Å². The van der Waals surface area contributed by atoms with Crippen LogP contribution in [0.25, 0.3) is 0 Å². The van der Waals surface area contributed by atoms with Crippen molar-refractivity contribution in [1.82, 2.24) is 14.7 Å². The van der Waals surface area contributed by atoms with Crippen molar-refractivity contribution in [1.29, 1.82) is 0 Å². The number of carbonyl (C=O) groups excluding carboxylic acids is 2. The van der Waals surface area contributed by atoms with Crippen LogP contribution in [-0.2, 0) is 10.3 Å². The molecule has 2 amide bonds. The number of likely N-dealkylation sites (tertiary alicyclic amines) is 1. The van der Waals surface area contributed by atoms with Crippen molar-refractivity contribution < 1.29 is 18.7 Å². The number of fused-ring (bicyclic) bond motifs is 2. The largest absolute Gasteiger partial charge is 0.436 e. The van der Waals surface area contributed by atoms with E-state index in [-0.39, 0.29) is 40.5 Å². The maximum absolute atomic E-state index is 15.1. The molecule has 2 atom stereocenters. The summed E-state index contributed by atoms with van der Waals surface area (Å²) in [6.45, 7) is 2.41. The molecule has 35 heavy (non-hydrogen) atoms. The molecule has 0 radical (unpaired) electrons. The van der Waals surface area contributed by atoms with Gasteiger partial charge < -0.3 is 15.4 Å². The van der Waals surface area contributed by atoms with Crippen LogP contribution in [0.2, 0.25) is 5.02 Å². The van der Waals surface area contributed by atoms with Crippen LogP contribution in [-0.4, -0.2) is 39.8 Å². The lowest BCUT2D eigenvalue weighted by Crippen LogP contribution is -2.53. The van der Waals surface area contributed by atoms with Gasteiger partial charge in [-0.15, -0.1) is 0 Å². The summed E-state index contributed by atoms with van der Waals surface area (Å²) < 4.78 is 22.4. The van der Waals surface area contributed by atoms with Gasteiger partial charge in [-0.2, -0.15) is 5.10 Å². The molecule has 1 aromatic heterocycles. The summed E-state index contributed by atoms with van der Waals surface area (Å²) in [7, 11) is 0. The molecule has 5 rings (SSSR count). The Labute approximate surface area is 206 Å². The van der Waals surface area contributed by atoms with Crippen LogP contribution in [0.3, 0.4) is 0 Å². The number of hydrogen-bond donors (Lipinski definition) is 2. The van der Waals surface area contributed by atoms with Crippen LogP contribution in [0.15, 0.2) is 48.7 Å². The number of nitrogen functional groups attached to an aromatic ring is 1. The third-order valence-electron chi connectivity index (χ3n) is 6.75. The normalized spacial score (nSPS) is 20.2. The van der Waals surface area contributed by atoms with Crippen LogP contribution in [0, 0.1) is 5.82 Å². The van der Waals surface area contributed by atoms with Crippen molar-refractivity contribution in [2.45, 2.75) is 37.8 Å². The number of amides is 2. The van der Waals surface area contributed by atoms with Crippen LogP contribution >= 0.6 is 11.6 Å². The third-order valence-corrected chi connectivity index (χ3v) is 7.04. The summed E-state index contributed by atoms with van der Waals surface area (Å²) in [6.07, 6.45) is 2.35. The lowest BCUT2D eigenvalue weighted by molar-refractivity contribution is -0.0418. The Morgan fingerprint density at radius 1 is 1.31 bits per heavy atom. The lowest BCUT2D eigenvalue weighted by atomic mass is 9.83. The Bertz CT molecular complexity index is 1300. The number of nitrogens with two attached hydrogens (primary N) is 1. The minimum Gasteiger partial charge on any atom is -0.436 e. The number of benzene rings is 2. The molecule has 0 saturated carbocycles. The predicted octanol–water partition coefficient (Wildman–Crippen LogP) is 4.95. The number of nitrogens with one attached hydrogen (secondary N) is 1. The van der Waals surface area contributed by atoms with Crippen molar-refractivity contribution >= 4 is 35.1 Å². The van der Waals surface area contributed by atoms with E-state index in [1.165, 1.54) is 17.2 Å². The molecular formula is C25H25ClFN5O3. The maximum Gasteiger partial charge on any atom is 0.412 e. The zero-order chi connectivity index (χ0) is 24.7. The first-order valence-electron chi connectivity index (χ1n) is 11.5. The average molecular weight is 498 g/mol. The number of halogens is 2. The third kappa shape index (κ3) is 3.89. The van der Waals surface area contributed by atoms with E-state index in [1.54, 1.807) is 10.7 Å². The van der Waals surface area contributed by atoms with Gasteiger partial charge in [0.25, 0.3) is 5.91 Å². The first-order chi connectivity index (χ1) is 16.8. The molecule has 8 nitrogen and oxygen atoms in total. The molecule has 1 saturated heterocycles. The molecule has 2 aliphatic rings. The van der Waals surface area contributed by atoms with Gasteiger partial charge in [-0.3, -0.25) is 10.1 Å². The molecule has 2 aliphatic heterocycles. The molecule has 0 aliphatic carbocycles. The van der Waals surface area contributed by atoms with E-state index < -0.39 is 17.5 Å². The van der Waals surface area contributed by atoms with Crippen molar-refractivity contribution in [3.8, 4) is 0 Å². The molecule has 3 aromatic rings. The Morgan fingerprint density at radius 3 is 2.83 bits per heavy atom. The van der Waals surface area contributed by atoms with Gasteiger partial charge >= 0.3 is 6.09 Å². The van der Waals surface area contributed by atoms with E-state index >= 15 is 4.39 Å². The summed E-state index contributed by atoms with van der Waals surface area (Å²) in [6, 6.07) is 12.6. The molecule has 0 bridgehead atoms. The molecule has 0 unspecified atom stereocenters. The Balaban J connectivity index is 1.47. The summed E-state index contributed by atoms with van der Waals surface area (Å²) in [5, 5.41) is 6.87. The van der Waals surface area contributed by atoms with Crippen molar-refractivity contribution in [2.75, 3.05) is 24.1 Å². The molecule has 2 aromatic carbocycles. The van der Waals surface area contributed by atoms with Crippen molar-refractivity contribution in [3.05, 3.63) is 76.2 Å². The van der Waals surface area contributed by atoms with E-state index in [4.69, 9.17) is 22.1 Å². The van der Waals surface area contributed by atoms with Gasteiger partial charge in [0.2, 0.25) is 0 Å². The van der Waals surface area contributed by atoms with Crippen LogP contribution in [0.5, 0.6) is 0 Å². The molecule has 1 fully saturated rings. The highest BCUT2D eigenvalue weighted by molar-refractivity contribution is 6.31. The summed E-state index contributed by atoms with van der Waals surface area (Å²) in [5.74, 6) is -0.768. The number of piperidine rings is 1. The second-order valence-electron chi connectivity index (χ2n) is 8.85. The lowest BCUT2D eigenvalue weighted by Gasteiger charge is -2.45. The van der Waals surface area contributed by atoms with Gasteiger partial charge in [-0.25, -0.2) is 13.9 Å². The molecule has 182 valence electrons. The summed E-state index contributed by atoms with van der Waals surface area (Å²) in [5.41, 5.74) is 6.80. The second kappa shape index (κ2) is 8.88. The fraction of sp³-hybridized carbons (Fsp3) is 0.320. The van der Waals surface area contributed by atoms with Gasteiger partial charge in [0.1, 0.15) is 11.4 Å². The predicted molar refractivity (Wildman–Crippen MR) is 130 cm³/mol. The van der Waals surface area contributed by atoms with Gasteiger partial charge in [0, 0.05) is 6.54 Å². The van der Waals surface area contributed by atoms with Crippen LogP contribution in [0.1, 0.15) is 53.7 Å². The summed E-state index contributed by atoms with van der Waals surface area (Å²) in [4.78, 5) is 27.4. The van der Waals surface area contributed by atoms with Crippen LogP contribution < -0.4 is 11.1 Å². The Kier molecular flexibility index (Phi) is 5.88. The minimum absolute atomic E-state index is 0.0238. The van der Waals surface area contributed by atoms with Gasteiger partial charge in [-0.05, 0) is 37.0 Å². The number of anilines is 2. The monoisotopic (exact) mass is 497 g/mol. The van der Waals surface area contributed by atoms with Crippen molar-refractivity contribution in [2.24, 2.45) is 0 Å². The standard InChI is InChI=1S/C25H25ClFN5O3/c1-2-19(15-7-4-3-5-8-15)32-22(28)16(13-29-32)23(33)31-12-6-11-25(14-31)20-18(30-24(34)35-25)10-9-17(26)21(20)27/h3-5,7-10,13,19H,2,6,11-12,14,28H2,1H3,(H,30,34)/t19-,25+/m1/s1. The zero-order valence-corrected chi connectivity index (χ0v) is 19.9. The van der Waals surface area contributed by atoms with Crippen molar-refractivity contribution in [3.63, 3.8) is 0 Å². The van der Waals surface area contributed by atoms with Gasteiger partial charge in [0.15, 0.2) is 11.4 Å². The zero-order valence-electron chi connectivity index (χ0n) is 19.1. The highest BCUT2D eigenvalue weighted by Crippen LogP contribution is 2.45. The number of ether oxygens (including phenoxy) is 1. The average Bonchev–Trinajstić information content (AvgIpc) is 3.23. The number of nitrogens with zero attached hydrogens (tertiary/aromatic N) is 3. The Morgan fingerprint density at radius 2 is 2.09 bits per heavy atom. The Hall–Kier alpha value is -3.59. The highest BCUT2D eigenvalue weighted by Gasteiger charge is 2.49. The van der Waals surface area contributed by atoms with Crippen LogP contribution in [0.4, 0.5) is 20.7 Å². The fourth-order valence-corrected chi connectivity index (χ4v) is 5.28. The maximum atomic E-state index is 15.1. The highest BCUT2D eigenvalue weighted by atomic mass is 35.5. The van der Waals surface area contributed by atoms with Gasteiger partial charge in [-0.1, -0.05) is 48.9 Å². The molecule has 3 N–H and O–H groups in total. The topological polar surface area (TPSA) is 102 Å². The first kappa shape index (κ1) is 23.2. The molecule has 10 heteroatoms. The second-order valence-corrected chi connectivity index (χ2v) is 9.25. The van der Waals surface area contributed by atoms with E-state index in [0.717, 1.165) is 12.0 Å². The smallest absolute Gasteiger partial charge is 0.412 e. The molecule has 1 spiro atoms. The van der Waals surface area contributed by atoms with E-state index in [1.807, 2.05) is 37.3 Å².